The number of carbonyl (C=O) groups is 1. The number of hydrogen-bond acceptors (Lipinski definition) is 3. The Labute approximate surface area is 112 Å². The standard InChI is InChI=1S/C15H14O2.CH2O/c1-2-4-12(5-3-1)13-6-8-14(9-7-13)16-10-15-11-17-15;1-2/h1-9,15H,10-11H2;1H2. The van der Waals surface area contributed by atoms with Crippen LogP contribution in [-0.4, -0.2) is 26.1 Å². The first-order valence-corrected chi connectivity index (χ1v) is 6.10. The van der Waals surface area contributed by atoms with E-state index >= 15 is 0 Å². The van der Waals surface area contributed by atoms with Crippen molar-refractivity contribution in [3.63, 3.8) is 0 Å². The third kappa shape index (κ3) is 3.93. The summed E-state index contributed by atoms with van der Waals surface area (Å²) in [6.45, 7) is 3.49. The summed E-state index contributed by atoms with van der Waals surface area (Å²) < 4.78 is 10.7. The summed E-state index contributed by atoms with van der Waals surface area (Å²) in [6, 6.07) is 18.5. The normalized spacial score (nSPS) is 16.1. The molecule has 0 aromatic heterocycles. The second-order valence-electron chi connectivity index (χ2n) is 4.16. The van der Waals surface area contributed by atoms with E-state index in [0.717, 1.165) is 12.4 Å². The van der Waals surface area contributed by atoms with Crippen molar-refractivity contribution in [1.29, 1.82) is 0 Å². The molecule has 1 atom stereocenters. The molecule has 1 aliphatic rings. The van der Waals surface area contributed by atoms with Gasteiger partial charge in [0.2, 0.25) is 0 Å². The van der Waals surface area contributed by atoms with E-state index in [1.165, 1.54) is 11.1 Å². The summed E-state index contributed by atoms with van der Waals surface area (Å²) in [5, 5.41) is 0. The molecule has 19 heavy (non-hydrogen) atoms. The van der Waals surface area contributed by atoms with E-state index in [1.807, 2.05) is 37.1 Å². The summed E-state index contributed by atoms with van der Waals surface area (Å²) in [7, 11) is 0. The van der Waals surface area contributed by atoms with Gasteiger partial charge in [0, 0.05) is 0 Å². The fraction of sp³-hybridized carbons (Fsp3) is 0.188. The van der Waals surface area contributed by atoms with Crippen LogP contribution in [0.2, 0.25) is 0 Å². The highest BCUT2D eigenvalue weighted by molar-refractivity contribution is 5.63. The molecule has 0 N–H and O–H groups in total. The van der Waals surface area contributed by atoms with Crippen molar-refractivity contribution in [3.8, 4) is 16.9 Å². The van der Waals surface area contributed by atoms with Gasteiger partial charge in [-0.15, -0.1) is 0 Å². The van der Waals surface area contributed by atoms with E-state index in [2.05, 4.69) is 24.3 Å². The quantitative estimate of drug-likeness (QED) is 0.789. The molecule has 1 fully saturated rings. The molecule has 3 rings (SSSR count). The Hall–Kier alpha value is -2.13. The van der Waals surface area contributed by atoms with Gasteiger partial charge >= 0.3 is 0 Å². The second-order valence-corrected chi connectivity index (χ2v) is 4.16. The van der Waals surface area contributed by atoms with Crippen molar-refractivity contribution in [2.75, 3.05) is 13.2 Å². The number of hydrogen-bond donors (Lipinski definition) is 0. The third-order valence-electron chi connectivity index (χ3n) is 2.80. The average Bonchev–Trinajstić information content (AvgIpc) is 3.33. The van der Waals surface area contributed by atoms with Crippen LogP contribution >= 0.6 is 0 Å². The van der Waals surface area contributed by atoms with Gasteiger partial charge in [0.15, 0.2) is 0 Å². The zero-order valence-electron chi connectivity index (χ0n) is 10.6. The Bertz CT molecular complexity index is 489. The van der Waals surface area contributed by atoms with Crippen molar-refractivity contribution in [2.24, 2.45) is 0 Å². The summed E-state index contributed by atoms with van der Waals surface area (Å²) in [4.78, 5) is 8.00. The van der Waals surface area contributed by atoms with E-state index in [-0.39, 0.29) is 0 Å². The molecule has 1 unspecified atom stereocenters. The number of rotatable bonds is 4. The zero-order chi connectivity index (χ0) is 13.5. The minimum Gasteiger partial charge on any atom is -0.491 e. The summed E-state index contributed by atoms with van der Waals surface area (Å²) in [5.74, 6) is 0.903. The van der Waals surface area contributed by atoms with Crippen LogP contribution in [0.3, 0.4) is 0 Å². The predicted molar refractivity (Wildman–Crippen MR) is 74.2 cm³/mol. The Balaban J connectivity index is 0.000000637. The fourth-order valence-corrected chi connectivity index (χ4v) is 1.73. The molecule has 2 aromatic rings. The van der Waals surface area contributed by atoms with Gasteiger partial charge in [-0.1, -0.05) is 42.5 Å². The molecule has 98 valence electrons. The van der Waals surface area contributed by atoms with Crippen LogP contribution in [0, 0.1) is 0 Å². The van der Waals surface area contributed by atoms with E-state index < -0.39 is 0 Å². The highest BCUT2D eigenvalue weighted by Crippen LogP contribution is 2.22. The van der Waals surface area contributed by atoms with Gasteiger partial charge in [-0.2, -0.15) is 0 Å². The fourth-order valence-electron chi connectivity index (χ4n) is 1.73. The maximum Gasteiger partial charge on any atom is 0.119 e. The summed E-state index contributed by atoms with van der Waals surface area (Å²) >= 11 is 0. The first-order valence-electron chi connectivity index (χ1n) is 6.10. The Kier molecular flexibility index (Phi) is 4.70. The van der Waals surface area contributed by atoms with E-state index in [1.54, 1.807) is 0 Å². The van der Waals surface area contributed by atoms with Gasteiger partial charge in [-0.05, 0) is 23.3 Å². The van der Waals surface area contributed by atoms with E-state index in [9.17, 15) is 0 Å². The first kappa shape index (κ1) is 13.3. The van der Waals surface area contributed by atoms with Gasteiger partial charge in [0.05, 0.1) is 6.61 Å². The van der Waals surface area contributed by atoms with Gasteiger partial charge in [0.1, 0.15) is 25.2 Å². The lowest BCUT2D eigenvalue weighted by molar-refractivity contribution is -0.0979. The minimum atomic E-state index is 0.309. The molecule has 1 saturated heterocycles. The van der Waals surface area contributed by atoms with E-state index in [0.29, 0.717) is 12.7 Å². The molecule has 1 aliphatic heterocycles. The number of carbonyl (C=O) groups excluding carboxylic acids is 1. The largest absolute Gasteiger partial charge is 0.491 e. The Morgan fingerprint density at radius 1 is 1.00 bits per heavy atom. The molecule has 0 spiro atoms. The molecular weight excluding hydrogens is 240 g/mol. The van der Waals surface area contributed by atoms with Crippen molar-refractivity contribution < 1.29 is 14.3 Å². The molecule has 0 amide bonds. The van der Waals surface area contributed by atoms with Crippen LogP contribution in [0.5, 0.6) is 5.75 Å². The Morgan fingerprint density at radius 2 is 1.58 bits per heavy atom. The van der Waals surface area contributed by atoms with Gasteiger partial charge < -0.3 is 14.3 Å². The van der Waals surface area contributed by atoms with E-state index in [4.69, 9.17) is 14.3 Å². The highest BCUT2D eigenvalue weighted by Gasteiger charge is 2.22. The van der Waals surface area contributed by atoms with Crippen LogP contribution < -0.4 is 4.74 Å². The van der Waals surface area contributed by atoms with Gasteiger partial charge in [-0.25, -0.2) is 0 Å². The lowest BCUT2D eigenvalue weighted by Gasteiger charge is -2.05. The van der Waals surface area contributed by atoms with Crippen LogP contribution in [0.4, 0.5) is 0 Å². The second kappa shape index (κ2) is 6.71. The maximum atomic E-state index is 8.00. The third-order valence-corrected chi connectivity index (χ3v) is 2.80. The number of epoxide rings is 1. The molecule has 2 aromatic carbocycles. The topological polar surface area (TPSA) is 38.8 Å². The smallest absolute Gasteiger partial charge is 0.119 e. The Morgan fingerprint density at radius 3 is 2.16 bits per heavy atom. The molecule has 3 nitrogen and oxygen atoms in total. The monoisotopic (exact) mass is 256 g/mol. The highest BCUT2D eigenvalue weighted by atomic mass is 16.6. The number of ether oxygens (including phenoxy) is 2. The molecule has 0 aliphatic carbocycles. The SMILES string of the molecule is C=O.c1ccc(-c2ccc(OCC3CO3)cc2)cc1. The molecule has 0 saturated carbocycles. The van der Waals surface area contributed by atoms with Crippen molar-refractivity contribution in [2.45, 2.75) is 6.10 Å². The molecular formula is C16H16O3. The average molecular weight is 256 g/mol. The van der Waals surface area contributed by atoms with Gasteiger partial charge in [-0.3, -0.25) is 0 Å². The first-order chi connectivity index (χ1) is 9.42. The van der Waals surface area contributed by atoms with Crippen LogP contribution in [0.15, 0.2) is 54.6 Å². The molecule has 0 bridgehead atoms. The molecule has 0 radical (unpaired) electrons. The number of benzene rings is 2. The van der Waals surface area contributed by atoms with Crippen molar-refractivity contribution >= 4 is 6.79 Å². The van der Waals surface area contributed by atoms with Crippen LogP contribution in [0.25, 0.3) is 11.1 Å². The van der Waals surface area contributed by atoms with Crippen molar-refractivity contribution in [1.82, 2.24) is 0 Å². The zero-order valence-corrected chi connectivity index (χ0v) is 10.6. The van der Waals surface area contributed by atoms with Gasteiger partial charge in [0.25, 0.3) is 0 Å². The molecule has 1 heterocycles. The molecule has 3 heteroatoms. The lowest BCUT2D eigenvalue weighted by Crippen LogP contribution is -2.03. The maximum absolute atomic E-state index is 8.00. The van der Waals surface area contributed by atoms with Crippen LogP contribution in [-0.2, 0) is 9.53 Å². The lowest BCUT2D eigenvalue weighted by atomic mass is 10.1. The summed E-state index contributed by atoms with van der Waals surface area (Å²) in [6.07, 6.45) is 0.309. The predicted octanol–water partition coefficient (Wildman–Crippen LogP) is 2.95. The van der Waals surface area contributed by atoms with Crippen molar-refractivity contribution in [3.05, 3.63) is 54.6 Å². The minimum absolute atomic E-state index is 0.309. The summed E-state index contributed by atoms with van der Waals surface area (Å²) in [5.41, 5.74) is 2.44. The van der Waals surface area contributed by atoms with Crippen LogP contribution in [0.1, 0.15) is 0 Å².